The predicted octanol–water partition coefficient (Wildman–Crippen LogP) is 0.793. The lowest BCUT2D eigenvalue weighted by Gasteiger charge is -1.98. The van der Waals surface area contributed by atoms with Crippen LogP contribution in [0.2, 0.25) is 0 Å². The number of aliphatic hydroxyl groups is 1. The topological polar surface area (TPSA) is 46.5 Å². The van der Waals surface area contributed by atoms with Crippen LogP contribution in [0.4, 0.5) is 0 Å². The Kier molecular flexibility index (Phi) is 2.63. The lowest BCUT2D eigenvalue weighted by atomic mass is 10.2. The molecule has 0 heterocycles. The zero-order valence-electron chi connectivity index (χ0n) is 5.86. The van der Waals surface area contributed by atoms with Gasteiger partial charge in [-0.05, 0) is 12.1 Å². The average molecular weight is 152 g/mol. The van der Waals surface area contributed by atoms with Crippen LogP contribution >= 0.6 is 0 Å². The molecule has 0 saturated heterocycles. The number of benzene rings is 1. The first kappa shape index (κ1) is 7.75. The number of hydrogen-bond donors (Lipinski definition) is 1. The number of ether oxygens (including phenoxy) is 1. The van der Waals surface area contributed by atoms with Gasteiger partial charge in [0.25, 0.3) is 0 Å². The summed E-state index contributed by atoms with van der Waals surface area (Å²) < 4.78 is 4.34. The summed E-state index contributed by atoms with van der Waals surface area (Å²) in [6.07, 6.45) is 0. The van der Waals surface area contributed by atoms with Crippen LogP contribution in [0.15, 0.2) is 30.3 Å². The maximum absolute atomic E-state index is 10.9. The van der Waals surface area contributed by atoms with Crippen LogP contribution in [0.5, 0.6) is 0 Å². The SMILES string of the molecule is O=C(OCO)c1ccccc1. The van der Waals surface area contributed by atoms with E-state index in [-0.39, 0.29) is 0 Å². The van der Waals surface area contributed by atoms with Crippen molar-refractivity contribution in [2.24, 2.45) is 0 Å². The fraction of sp³-hybridized carbons (Fsp3) is 0.125. The molecule has 0 fully saturated rings. The Bertz CT molecular complexity index is 230. The van der Waals surface area contributed by atoms with E-state index in [1.807, 2.05) is 0 Å². The summed E-state index contributed by atoms with van der Waals surface area (Å²) in [7, 11) is 0. The lowest BCUT2D eigenvalue weighted by Crippen LogP contribution is -2.04. The molecule has 0 spiro atoms. The third-order valence-corrected chi connectivity index (χ3v) is 1.21. The van der Waals surface area contributed by atoms with E-state index in [1.165, 1.54) is 0 Å². The number of aliphatic hydroxyl groups excluding tert-OH is 1. The van der Waals surface area contributed by atoms with Crippen molar-refractivity contribution in [2.75, 3.05) is 6.79 Å². The molecule has 0 aliphatic carbocycles. The summed E-state index contributed by atoms with van der Waals surface area (Å²) in [5.41, 5.74) is 0.446. The summed E-state index contributed by atoms with van der Waals surface area (Å²) in [4.78, 5) is 10.9. The quantitative estimate of drug-likeness (QED) is 0.503. The number of esters is 1. The maximum Gasteiger partial charge on any atom is 0.340 e. The van der Waals surface area contributed by atoms with Crippen molar-refractivity contribution in [1.82, 2.24) is 0 Å². The van der Waals surface area contributed by atoms with Crippen molar-refractivity contribution >= 4 is 5.97 Å². The van der Waals surface area contributed by atoms with Crippen LogP contribution in [0, 0.1) is 0 Å². The second-order valence-electron chi connectivity index (χ2n) is 1.93. The van der Waals surface area contributed by atoms with Gasteiger partial charge in [-0.1, -0.05) is 18.2 Å². The summed E-state index contributed by atoms with van der Waals surface area (Å²) in [6, 6.07) is 8.51. The molecule has 0 bridgehead atoms. The lowest BCUT2D eigenvalue weighted by molar-refractivity contribution is 0.00684. The zero-order valence-corrected chi connectivity index (χ0v) is 5.86. The van der Waals surface area contributed by atoms with Gasteiger partial charge in [0.1, 0.15) is 0 Å². The van der Waals surface area contributed by atoms with Gasteiger partial charge in [-0.3, -0.25) is 0 Å². The normalized spacial score (nSPS) is 9.18. The third kappa shape index (κ3) is 2.05. The first-order chi connectivity index (χ1) is 5.34. The Labute approximate surface area is 64.2 Å². The van der Waals surface area contributed by atoms with Gasteiger partial charge in [-0.15, -0.1) is 0 Å². The molecule has 0 aliphatic heterocycles. The van der Waals surface area contributed by atoms with E-state index in [2.05, 4.69) is 4.74 Å². The molecule has 3 nitrogen and oxygen atoms in total. The van der Waals surface area contributed by atoms with Crippen molar-refractivity contribution in [3.8, 4) is 0 Å². The van der Waals surface area contributed by atoms with Gasteiger partial charge in [0.15, 0.2) is 6.79 Å². The number of hydrogen-bond acceptors (Lipinski definition) is 3. The molecule has 1 rings (SSSR count). The Hall–Kier alpha value is -1.35. The highest BCUT2D eigenvalue weighted by molar-refractivity contribution is 5.89. The first-order valence-corrected chi connectivity index (χ1v) is 3.17. The van der Waals surface area contributed by atoms with E-state index in [0.717, 1.165) is 0 Å². The van der Waals surface area contributed by atoms with Crippen molar-refractivity contribution in [3.63, 3.8) is 0 Å². The minimum Gasteiger partial charge on any atom is -0.435 e. The highest BCUT2D eigenvalue weighted by Crippen LogP contribution is 1.99. The molecular weight excluding hydrogens is 144 g/mol. The van der Waals surface area contributed by atoms with Gasteiger partial charge in [-0.2, -0.15) is 0 Å². The molecule has 0 atom stereocenters. The summed E-state index contributed by atoms with van der Waals surface area (Å²) >= 11 is 0. The van der Waals surface area contributed by atoms with Crippen LogP contribution in [-0.4, -0.2) is 17.9 Å². The van der Waals surface area contributed by atoms with Gasteiger partial charge in [0, 0.05) is 0 Å². The number of carbonyl (C=O) groups excluding carboxylic acids is 1. The zero-order chi connectivity index (χ0) is 8.10. The molecule has 1 aromatic carbocycles. The Morgan fingerprint density at radius 1 is 1.36 bits per heavy atom. The van der Waals surface area contributed by atoms with E-state index in [0.29, 0.717) is 5.56 Å². The second kappa shape index (κ2) is 3.73. The van der Waals surface area contributed by atoms with Crippen LogP contribution in [0.3, 0.4) is 0 Å². The van der Waals surface area contributed by atoms with Crippen LogP contribution in [-0.2, 0) is 4.74 Å². The molecule has 0 unspecified atom stereocenters. The Morgan fingerprint density at radius 3 is 2.55 bits per heavy atom. The fourth-order valence-corrected chi connectivity index (χ4v) is 0.716. The first-order valence-electron chi connectivity index (χ1n) is 3.17. The van der Waals surface area contributed by atoms with Crippen LogP contribution < -0.4 is 0 Å². The predicted molar refractivity (Wildman–Crippen MR) is 38.9 cm³/mol. The van der Waals surface area contributed by atoms with E-state index >= 15 is 0 Å². The van der Waals surface area contributed by atoms with Crippen molar-refractivity contribution in [1.29, 1.82) is 0 Å². The maximum atomic E-state index is 10.9. The summed E-state index contributed by atoms with van der Waals surface area (Å²) in [5.74, 6) is -0.506. The minimum atomic E-state index is -0.576. The van der Waals surface area contributed by atoms with Gasteiger partial charge in [0.2, 0.25) is 0 Å². The fourth-order valence-electron chi connectivity index (χ4n) is 0.716. The number of rotatable bonds is 2. The molecule has 3 heteroatoms. The van der Waals surface area contributed by atoms with E-state index in [1.54, 1.807) is 30.3 Å². The molecule has 0 saturated carbocycles. The van der Waals surface area contributed by atoms with E-state index in [9.17, 15) is 4.79 Å². The van der Waals surface area contributed by atoms with E-state index in [4.69, 9.17) is 5.11 Å². The molecule has 0 radical (unpaired) electrons. The molecular formula is C8H8O3. The molecule has 58 valence electrons. The van der Waals surface area contributed by atoms with Crippen molar-refractivity contribution < 1.29 is 14.6 Å². The molecule has 1 N–H and O–H groups in total. The highest BCUT2D eigenvalue weighted by Gasteiger charge is 2.02. The largest absolute Gasteiger partial charge is 0.435 e. The highest BCUT2D eigenvalue weighted by atomic mass is 16.6. The Balaban J connectivity index is 2.69. The van der Waals surface area contributed by atoms with E-state index < -0.39 is 12.8 Å². The summed E-state index contributed by atoms with van der Waals surface area (Å²) in [6.45, 7) is -0.576. The minimum absolute atomic E-state index is 0.446. The van der Waals surface area contributed by atoms with Crippen molar-refractivity contribution in [3.05, 3.63) is 35.9 Å². The third-order valence-electron chi connectivity index (χ3n) is 1.21. The van der Waals surface area contributed by atoms with Gasteiger partial charge >= 0.3 is 5.97 Å². The molecule has 0 aromatic heterocycles. The van der Waals surface area contributed by atoms with Crippen molar-refractivity contribution in [2.45, 2.75) is 0 Å². The molecule has 11 heavy (non-hydrogen) atoms. The van der Waals surface area contributed by atoms with Crippen LogP contribution in [0.25, 0.3) is 0 Å². The smallest absolute Gasteiger partial charge is 0.340 e. The standard InChI is InChI=1S/C8H8O3/c9-6-11-8(10)7-4-2-1-3-5-7/h1-5,9H,6H2. The Morgan fingerprint density at radius 2 is 2.00 bits per heavy atom. The molecule has 1 aromatic rings. The summed E-state index contributed by atoms with van der Waals surface area (Å²) in [5, 5.41) is 8.25. The average Bonchev–Trinajstić information content (AvgIpc) is 2.07. The van der Waals surface area contributed by atoms with Crippen LogP contribution in [0.1, 0.15) is 10.4 Å². The van der Waals surface area contributed by atoms with Gasteiger partial charge in [0.05, 0.1) is 5.56 Å². The molecule has 0 amide bonds. The molecule has 0 aliphatic rings. The monoisotopic (exact) mass is 152 g/mol. The van der Waals surface area contributed by atoms with Gasteiger partial charge < -0.3 is 9.84 Å². The second-order valence-corrected chi connectivity index (χ2v) is 1.93. The van der Waals surface area contributed by atoms with Gasteiger partial charge in [-0.25, -0.2) is 4.79 Å². The number of carbonyl (C=O) groups is 1.